The van der Waals surface area contributed by atoms with Crippen LogP contribution in [0.15, 0.2) is 48.3 Å². The van der Waals surface area contributed by atoms with Gasteiger partial charge in [0.2, 0.25) is 0 Å². The van der Waals surface area contributed by atoms with Gasteiger partial charge in [-0.1, -0.05) is 13.3 Å². The van der Waals surface area contributed by atoms with Gasteiger partial charge in [-0.25, -0.2) is 0 Å². The van der Waals surface area contributed by atoms with Gasteiger partial charge in [-0.15, -0.1) is 0 Å². The van der Waals surface area contributed by atoms with Gasteiger partial charge in [-0.2, -0.15) is 0 Å². The lowest BCUT2D eigenvalue weighted by Crippen LogP contribution is -2.35. The van der Waals surface area contributed by atoms with Gasteiger partial charge in [0.05, 0.1) is 18.2 Å². The number of aromatic nitrogens is 1. The van der Waals surface area contributed by atoms with Crippen LogP contribution in [0.25, 0.3) is 5.76 Å². The van der Waals surface area contributed by atoms with Crippen molar-refractivity contribution >= 4 is 17.4 Å². The first-order valence-electron chi connectivity index (χ1n) is 10.9. The standard InChI is InChI=1S/C25H31N3O4/c1-5-6-15-32-20-8-7-19(16-17(20)2)23(29)21-22(18-9-11-26-12-10-18)28(14-13-27(3)4)25(31)24(21)30/h7-12,16,22,29H,5-6,13-15H2,1-4H3/b23-21+/t22-/m1/s1. The van der Waals surface area contributed by atoms with Crippen LogP contribution in [0.3, 0.4) is 0 Å². The highest BCUT2D eigenvalue weighted by molar-refractivity contribution is 6.46. The van der Waals surface area contributed by atoms with Crippen LogP contribution in [-0.2, 0) is 9.59 Å². The van der Waals surface area contributed by atoms with Gasteiger partial charge in [0.25, 0.3) is 11.7 Å². The van der Waals surface area contributed by atoms with Crippen LogP contribution in [0.1, 0.15) is 42.5 Å². The Balaban J connectivity index is 2.03. The van der Waals surface area contributed by atoms with Crippen LogP contribution in [0.2, 0.25) is 0 Å². The van der Waals surface area contributed by atoms with E-state index in [9.17, 15) is 14.7 Å². The van der Waals surface area contributed by atoms with E-state index in [1.807, 2.05) is 25.9 Å². The summed E-state index contributed by atoms with van der Waals surface area (Å²) in [6.07, 6.45) is 5.24. The molecule has 1 aromatic heterocycles. The summed E-state index contributed by atoms with van der Waals surface area (Å²) in [4.78, 5) is 33.4. The molecule has 1 amide bonds. The van der Waals surface area contributed by atoms with Gasteiger partial charge >= 0.3 is 0 Å². The molecule has 2 aromatic rings. The second kappa shape index (κ2) is 10.4. The number of aliphatic hydroxyl groups excluding tert-OH is 1. The summed E-state index contributed by atoms with van der Waals surface area (Å²) in [5, 5.41) is 11.2. The molecule has 0 saturated carbocycles. The zero-order valence-corrected chi connectivity index (χ0v) is 19.2. The van der Waals surface area contributed by atoms with E-state index in [1.54, 1.807) is 42.7 Å². The maximum atomic E-state index is 13.0. The zero-order chi connectivity index (χ0) is 23.3. The fraction of sp³-hybridized carbons (Fsp3) is 0.400. The van der Waals surface area contributed by atoms with Gasteiger partial charge < -0.3 is 19.6 Å². The van der Waals surface area contributed by atoms with Crippen molar-refractivity contribution < 1.29 is 19.4 Å². The summed E-state index contributed by atoms with van der Waals surface area (Å²) in [5.41, 5.74) is 2.16. The van der Waals surface area contributed by atoms with E-state index in [4.69, 9.17) is 4.74 Å². The fourth-order valence-electron chi connectivity index (χ4n) is 3.75. The number of hydrogen-bond donors (Lipinski definition) is 1. The van der Waals surface area contributed by atoms with Crippen LogP contribution < -0.4 is 4.74 Å². The molecule has 0 bridgehead atoms. The molecule has 0 spiro atoms. The Hall–Kier alpha value is -3.19. The summed E-state index contributed by atoms with van der Waals surface area (Å²) >= 11 is 0. The molecule has 7 nitrogen and oxygen atoms in total. The van der Waals surface area contributed by atoms with Gasteiger partial charge in [-0.05, 0) is 68.9 Å². The third-order valence-corrected chi connectivity index (χ3v) is 5.55. The Kier molecular flexibility index (Phi) is 7.64. The smallest absolute Gasteiger partial charge is 0.295 e. The molecule has 1 aromatic carbocycles. The highest BCUT2D eigenvalue weighted by Crippen LogP contribution is 2.39. The Morgan fingerprint density at radius 2 is 1.91 bits per heavy atom. The van der Waals surface area contributed by atoms with Crippen LogP contribution in [0.5, 0.6) is 5.75 Å². The molecule has 0 radical (unpaired) electrons. The molecule has 2 heterocycles. The van der Waals surface area contributed by atoms with Gasteiger partial charge in [-0.3, -0.25) is 14.6 Å². The van der Waals surface area contributed by atoms with Crippen molar-refractivity contribution in [3.05, 3.63) is 65.0 Å². The van der Waals surface area contributed by atoms with Crippen molar-refractivity contribution in [1.82, 2.24) is 14.8 Å². The Bertz CT molecular complexity index is 1000. The fourth-order valence-corrected chi connectivity index (χ4v) is 3.75. The number of likely N-dealkylation sites (tertiary alicyclic amines) is 1. The number of unbranched alkanes of at least 4 members (excludes halogenated alkanes) is 1. The van der Waals surface area contributed by atoms with Crippen molar-refractivity contribution in [3.8, 4) is 5.75 Å². The Morgan fingerprint density at radius 1 is 1.19 bits per heavy atom. The minimum absolute atomic E-state index is 0.0963. The number of amides is 1. The predicted octanol–water partition coefficient (Wildman–Crippen LogP) is 3.55. The van der Waals surface area contributed by atoms with Crippen molar-refractivity contribution in [3.63, 3.8) is 0 Å². The highest BCUT2D eigenvalue weighted by Gasteiger charge is 2.45. The summed E-state index contributed by atoms with van der Waals surface area (Å²) in [6, 6.07) is 8.17. The number of pyridine rings is 1. The number of aryl methyl sites for hydroxylation is 1. The topological polar surface area (TPSA) is 83.0 Å². The molecule has 3 rings (SSSR count). The monoisotopic (exact) mass is 437 g/mol. The summed E-state index contributed by atoms with van der Waals surface area (Å²) in [7, 11) is 3.82. The number of benzene rings is 1. The van der Waals surface area contributed by atoms with E-state index < -0.39 is 17.7 Å². The molecule has 0 unspecified atom stereocenters. The first kappa shape index (κ1) is 23.5. The quantitative estimate of drug-likeness (QED) is 0.280. The first-order chi connectivity index (χ1) is 15.3. The van der Waals surface area contributed by atoms with Crippen molar-refractivity contribution in [1.29, 1.82) is 0 Å². The van der Waals surface area contributed by atoms with Gasteiger partial charge in [0.1, 0.15) is 11.5 Å². The number of Topliss-reactive ketones (excluding diaryl/α,β-unsaturated/α-hetero) is 1. The number of carbonyl (C=O) groups excluding carboxylic acids is 2. The lowest BCUT2D eigenvalue weighted by atomic mass is 9.95. The van der Waals surface area contributed by atoms with E-state index in [1.165, 1.54) is 4.90 Å². The molecule has 0 aliphatic carbocycles. The second-order valence-electron chi connectivity index (χ2n) is 8.26. The van der Waals surface area contributed by atoms with Gasteiger partial charge in [0, 0.05) is 31.0 Å². The largest absolute Gasteiger partial charge is 0.507 e. The number of ether oxygens (including phenoxy) is 1. The SMILES string of the molecule is CCCCOc1ccc(/C(O)=C2\C(=O)C(=O)N(CCN(C)C)[C@@H]2c2ccncc2)cc1C. The molecular weight excluding hydrogens is 406 g/mol. The molecule has 1 fully saturated rings. The van der Waals surface area contributed by atoms with Crippen molar-refractivity contribution in [2.24, 2.45) is 0 Å². The van der Waals surface area contributed by atoms with Crippen LogP contribution in [-0.4, -0.2) is 65.4 Å². The van der Waals surface area contributed by atoms with E-state index >= 15 is 0 Å². The van der Waals surface area contributed by atoms with E-state index in [2.05, 4.69) is 11.9 Å². The molecular formula is C25H31N3O4. The van der Waals surface area contributed by atoms with Crippen LogP contribution in [0, 0.1) is 6.92 Å². The summed E-state index contributed by atoms with van der Waals surface area (Å²) in [6.45, 7) is 5.59. The van der Waals surface area contributed by atoms with E-state index in [0.717, 1.165) is 29.7 Å². The van der Waals surface area contributed by atoms with Crippen LogP contribution >= 0.6 is 0 Å². The number of aliphatic hydroxyl groups is 1. The molecule has 1 aliphatic heterocycles. The molecule has 1 atom stereocenters. The lowest BCUT2D eigenvalue weighted by Gasteiger charge is -2.26. The summed E-state index contributed by atoms with van der Waals surface area (Å²) in [5.74, 6) is -0.719. The number of likely N-dealkylation sites (N-methyl/N-ethyl adjacent to an activating group) is 1. The molecule has 1 aliphatic rings. The normalized spacial score (nSPS) is 17.9. The molecule has 7 heteroatoms. The third-order valence-electron chi connectivity index (χ3n) is 5.55. The van der Waals surface area contributed by atoms with Crippen molar-refractivity contribution in [2.45, 2.75) is 32.7 Å². The predicted molar refractivity (Wildman–Crippen MR) is 123 cm³/mol. The number of ketones is 1. The highest BCUT2D eigenvalue weighted by atomic mass is 16.5. The average molecular weight is 438 g/mol. The minimum Gasteiger partial charge on any atom is -0.507 e. The van der Waals surface area contributed by atoms with Crippen molar-refractivity contribution in [2.75, 3.05) is 33.8 Å². The maximum Gasteiger partial charge on any atom is 0.295 e. The zero-order valence-electron chi connectivity index (χ0n) is 19.2. The van der Waals surface area contributed by atoms with E-state index in [0.29, 0.717) is 25.3 Å². The summed E-state index contributed by atoms with van der Waals surface area (Å²) < 4.78 is 5.80. The number of rotatable bonds is 9. The Morgan fingerprint density at radius 3 is 2.53 bits per heavy atom. The van der Waals surface area contributed by atoms with E-state index in [-0.39, 0.29) is 11.3 Å². The third kappa shape index (κ3) is 4.99. The first-order valence-corrected chi connectivity index (χ1v) is 10.9. The second-order valence-corrected chi connectivity index (χ2v) is 8.26. The number of nitrogens with zero attached hydrogens (tertiary/aromatic N) is 3. The molecule has 1 saturated heterocycles. The lowest BCUT2D eigenvalue weighted by molar-refractivity contribution is -0.140. The number of hydrogen-bond acceptors (Lipinski definition) is 6. The van der Waals surface area contributed by atoms with Crippen LogP contribution in [0.4, 0.5) is 0 Å². The number of carbonyl (C=O) groups is 2. The van der Waals surface area contributed by atoms with Gasteiger partial charge in [0.15, 0.2) is 0 Å². The molecule has 32 heavy (non-hydrogen) atoms. The maximum absolute atomic E-state index is 13.0. The minimum atomic E-state index is -0.677. The average Bonchev–Trinajstić information content (AvgIpc) is 3.03. The molecule has 170 valence electrons. The molecule has 1 N–H and O–H groups in total. The Labute approximate surface area is 189 Å².